The predicted molar refractivity (Wildman–Crippen MR) is 46.1 cm³/mol. The van der Waals surface area contributed by atoms with Crippen molar-refractivity contribution in [2.45, 2.75) is 13.0 Å². The van der Waals surface area contributed by atoms with Crippen LogP contribution in [0.15, 0.2) is 12.3 Å². The summed E-state index contributed by atoms with van der Waals surface area (Å²) in [5, 5.41) is 12.1. The number of aryl methyl sites for hydroxylation is 1. The molecular weight excluding hydrogens is 182 g/mol. The van der Waals surface area contributed by atoms with Gasteiger partial charge in [0.05, 0.1) is 13.0 Å². The first-order valence-electron chi connectivity index (χ1n) is 3.19. The highest BCUT2D eigenvalue weighted by atomic mass is 35.5. The standard InChI is InChI=1S/C6H9N3O2.ClH/c7-5-1-3-9(8-5)4-2-6(10)11;/h1,3H,2,4H2,(H2,7,8)(H,10,11);1H. The average molecular weight is 192 g/mol. The van der Waals surface area contributed by atoms with E-state index >= 15 is 0 Å². The first-order chi connectivity index (χ1) is 5.18. The van der Waals surface area contributed by atoms with Crippen molar-refractivity contribution in [3.05, 3.63) is 12.3 Å². The fourth-order valence-electron chi connectivity index (χ4n) is 0.712. The summed E-state index contributed by atoms with van der Waals surface area (Å²) in [5.74, 6) is -0.422. The van der Waals surface area contributed by atoms with Crippen molar-refractivity contribution < 1.29 is 9.90 Å². The van der Waals surface area contributed by atoms with E-state index in [0.717, 1.165) is 0 Å². The Morgan fingerprint density at radius 1 is 1.75 bits per heavy atom. The fraction of sp³-hybridized carbons (Fsp3) is 0.333. The van der Waals surface area contributed by atoms with E-state index in [1.54, 1.807) is 12.3 Å². The second kappa shape index (κ2) is 4.61. The summed E-state index contributed by atoms with van der Waals surface area (Å²) < 4.78 is 1.50. The summed E-state index contributed by atoms with van der Waals surface area (Å²) in [6.07, 6.45) is 1.72. The van der Waals surface area contributed by atoms with Gasteiger partial charge in [-0.2, -0.15) is 5.10 Å². The van der Waals surface area contributed by atoms with Gasteiger partial charge in [-0.3, -0.25) is 9.48 Å². The minimum absolute atomic E-state index is 0. The topological polar surface area (TPSA) is 81.1 Å². The van der Waals surface area contributed by atoms with Crippen molar-refractivity contribution in [1.29, 1.82) is 0 Å². The van der Waals surface area contributed by atoms with Crippen LogP contribution in [0.25, 0.3) is 0 Å². The van der Waals surface area contributed by atoms with Crippen LogP contribution >= 0.6 is 12.4 Å². The summed E-state index contributed by atoms with van der Waals surface area (Å²) in [4.78, 5) is 10.1. The van der Waals surface area contributed by atoms with Gasteiger partial charge in [0.1, 0.15) is 5.82 Å². The largest absolute Gasteiger partial charge is 0.481 e. The van der Waals surface area contributed by atoms with Crippen molar-refractivity contribution >= 4 is 24.2 Å². The van der Waals surface area contributed by atoms with Gasteiger partial charge >= 0.3 is 5.97 Å². The quantitative estimate of drug-likeness (QED) is 0.723. The van der Waals surface area contributed by atoms with Crippen molar-refractivity contribution in [1.82, 2.24) is 9.78 Å². The van der Waals surface area contributed by atoms with Crippen LogP contribution in [0.5, 0.6) is 0 Å². The van der Waals surface area contributed by atoms with Crippen molar-refractivity contribution in [2.24, 2.45) is 0 Å². The highest BCUT2D eigenvalue weighted by Crippen LogP contribution is 1.96. The molecule has 1 aromatic heterocycles. The Kier molecular flexibility index (Phi) is 4.14. The summed E-state index contributed by atoms with van der Waals surface area (Å²) in [7, 11) is 0. The van der Waals surface area contributed by atoms with E-state index in [2.05, 4.69) is 5.10 Å². The Hall–Kier alpha value is -1.23. The van der Waals surface area contributed by atoms with E-state index in [4.69, 9.17) is 10.8 Å². The molecule has 1 heterocycles. The third-order valence-electron chi connectivity index (χ3n) is 1.22. The maximum absolute atomic E-state index is 10.1. The molecule has 12 heavy (non-hydrogen) atoms. The van der Waals surface area contributed by atoms with Crippen molar-refractivity contribution in [3.8, 4) is 0 Å². The van der Waals surface area contributed by atoms with Gasteiger partial charge in [0.15, 0.2) is 0 Å². The Morgan fingerprint density at radius 2 is 2.42 bits per heavy atom. The minimum atomic E-state index is -0.834. The lowest BCUT2D eigenvalue weighted by atomic mass is 10.4. The molecule has 6 heteroatoms. The molecule has 5 nitrogen and oxygen atoms in total. The number of rotatable bonds is 3. The Bertz CT molecular complexity index is 261. The zero-order valence-corrected chi connectivity index (χ0v) is 7.12. The number of nitrogens with zero attached hydrogens (tertiary/aromatic N) is 2. The number of hydrogen-bond donors (Lipinski definition) is 2. The first kappa shape index (κ1) is 10.8. The highest BCUT2D eigenvalue weighted by Gasteiger charge is 1.98. The molecule has 1 rings (SSSR count). The maximum atomic E-state index is 10.1. The zero-order chi connectivity index (χ0) is 8.27. The number of carbonyl (C=O) groups is 1. The molecule has 0 bridgehead atoms. The molecule has 0 aliphatic carbocycles. The normalized spacial score (nSPS) is 9.00. The molecule has 68 valence electrons. The van der Waals surface area contributed by atoms with E-state index in [0.29, 0.717) is 12.4 Å². The van der Waals surface area contributed by atoms with Gasteiger partial charge in [-0.25, -0.2) is 0 Å². The molecule has 0 amide bonds. The summed E-state index contributed by atoms with van der Waals surface area (Å²) >= 11 is 0. The molecule has 1 aromatic rings. The number of anilines is 1. The van der Waals surface area contributed by atoms with Crippen LogP contribution in [0.2, 0.25) is 0 Å². The molecular formula is C6H10ClN3O2. The van der Waals surface area contributed by atoms with E-state index < -0.39 is 5.97 Å². The lowest BCUT2D eigenvalue weighted by molar-refractivity contribution is -0.137. The van der Waals surface area contributed by atoms with Crippen LogP contribution in [0.1, 0.15) is 6.42 Å². The van der Waals surface area contributed by atoms with Crippen LogP contribution in [0.4, 0.5) is 5.82 Å². The van der Waals surface area contributed by atoms with Crippen LogP contribution in [-0.4, -0.2) is 20.9 Å². The second-order valence-electron chi connectivity index (χ2n) is 2.15. The van der Waals surface area contributed by atoms with Crippen LogP contribution in [-0.2, 0) is 11.3 Å². The SMILES string of the molecule is Cl.Nc1ccn(CCC(=O)O)n1. The average Bonchev–Trinajstić information content (AvgIpc) is 2.31. The summed E-state index contributed by atoms with van der Waals surface area (Å²) in [6.45, 7) is 0.368. The molecule has 0 saturated carbocycles. The zero-order valence-electron chi connectivity index (χ0n) is 6.30. The van der Waals surface area contributed by atoms with Crippen molar-refractivity contribution in [2.75, 3.05) is 5.73 Å². The van der Waals surface area contributed by atoms with Crippen LogP contribution < -0.4 is 5.73 Å². The van der Waals surface area contributed by atoms with Gasteiger partial charge in [0.25, 0.3) is 0 Å². The van der Waals surface area contributed by atoms with E-state index in [9.17, 15) is 4.79 Å². The van der Waals surface area contributed by atoms with E-state index in [-0.39, 0.29) is 18.8 Å². The summed E-state index contributed by atoms with van der Waals surface area (Å²) in [6, 6.07) is 1.63. The number of carboxylic acid groups (broad SMARTS) is 1. The lowest BCUT2D eigenvalue weighted by Gasteiger charge is -1.95. The lowest BCUT2D eigenvalue weighted by Crippen LogP contribution is -2.05. The number of hydrogen-bond acceptors (Lipinski definition) is 3. The third kappa shape index (κ3) is 3.25. The van der Waals surface area contributed by atoms with Crippen LogP contribution in [0.3, 0.4) is 0 Å². The smallest absolute Gasteiger partial charge is 0.305 e. The monoisotopic (exact) mass is 191 g/mol. The predicted octanol–water partition coefficient (Wildman–Crippen LogP) is 0.362. The molecule has 0 atom stereocenters. The first-order valence-corrected chi connectivity index (χ1v) is 3.19. The molecule has 0 radical (unpaired) electrons. The van der Waals surface area contributed by atoms with Crippen LogP contribution in [0, 0.1) is 0 Å². The van der Waals surface area contributed by atoms with Crippen molar-refractivity contribution in [3.63, 3.8) is 0 Å². The number of carboxylic acids is 1. The Balaban J connectivity index is 0.00000121. The number of nitrogen functional groups attached to an aromatic ring is 1. The molecule has 0 spiro atoms. The molecule has 0 saturated heterocycles. The fourth-order valence-corrected chi connectivity index (χ4v) is 0.712. The van der Waals surface area contributed by atoms with Gasteiger partial charge < -0.3 is 10.8 Å². The number of aromatic nitrogens is 2. The number of aliphatic carboxylic acids is 1. The molecule has 0 fully saturated rings. The summed E-state index contributed by atoms with van der Waals surface area (Å²) in [5.41, 5.74) is 5.31. The number of halogens is 1. The number of nitrogens with two attached hydrogens (primary N) is 1. The van der Waals surface area contributed by atoms with Gasteiger partial charge in [0.2, 0.25) is 0 Å². The van der Waals surface area contributed by atoms with Gasteiger partial charge in [0, 0.05) is 6.20 Å². The van der Waals surface area contributed by atoms with Gasteiger partial charge in [-0.15, -0.1) is 12.4 Å². The minimum Gasteiger partial charge on any atom is -0.481 e. The van der Waals surface area contributed by atoms with E-state index in [1.807, 2.05) is 0 Å². The third-order valence-corrected chi connectivity index (χ3v) is 1.22. The second-order valence-corrected chi connectivity index (χ2v) is 2.15. The molecule has 0 aliphatic rings. The molecule has 0 aliphatic heterocycles. The molecule has 0 aromatic carbocycles. The molecule has 3 N–H and O–H groups in total. The molecule has 0 unspecified atom stereocenters. The Morgan fingerprint density at radius 3 is 2.83 bits per heavy atom. The Labute approximate surface area is 75.6 Å². The highest BCUT2D eigenvalue weighted by molar-refractivity contribution is 5.85. The van der Waals surface area contributed by atoms with E-state index in [1.165, 1.54) is 4.68 Å². The van der Waals surface area contributed by atoms with Gasteiger partial charge in [-0.05, 0) is 6.07 Å². The maximum Gasteiger partial charge on any atom is 0.305 e. The van der Waals surface area contributed by atoms with Gasteiger partial charge in [-0.1, -0.05) is 0 Å².